The lowest BCUT2D eigenvalue weighted by molar-refractivity contribution is 1.18. The van der Waals surface area contributed by atoms with E-state index < -0.39 is 0 Å². The first-order valence-electron chi connectivity index (χ1n) is 19.0. The Bertz CT molecular complexity index is 3160. The molecule has 0 unspecified atom stereocenters. The van der Waals surface area contributed by atoms with E-state index in [1.54, 1.807) is 0 Å². The lowest BCUT2D eigenvalue weighted by Gasteiger charge is -2.12. The van der Waals surface area contributed by atoms with Crippen molar-refractivity contribution in [1.29, 1.82) is 0 Å². The molecule has 11 rings (SSSR count). The quantitative estimate of drug-likeness (QED) is 0.172. The molecule has 4 aromatic heterocycles. The van der Waals surface area contributed by atoms with E-state index in [1.165, 1.54) is 32.9 Å². The maximum absolute atomic E-state index is 5.09. The van der Waals surface area contributed by atoms with Crippen LogP contribution in [0.4, 0.5) is 0 Å². The van der Waals surface area contributed by atoms with E-state index in [4.69, 9.17) is 9.97 Å². The van der Waals surface area contributed by atoms with Crippen molar-refractivity contribution < 1.29 is 0 Å². The Balaban J connectivity index is 1.01. The van der Waals surface area contributed by atoms with Crippen LogP contribution in [0.5, 0.6) is 0 Å². The zero-order valence-corrected chi connectivity index (χ0v) is 30.4. The molecule has 0 amide bonds. The van der Waals surface area contributed by atoms with Gasteiger partial charge in [-0.05, 0) is 101 Å². The first-order chi connectivity index (χ1) is 27.8. The van der Waals surface area contributed by atoms with Crippen molar-refractivity contribution in [2.45, 2.75) is 0 Å². The summed E-state index contributed by atoms with van der Waals surface area (Å²) >= 11 is 0. The summed E-state index contributed by atoms with van der Waals surface area (Å²) < 4.78 is 4.69. The molecule has 262 valence electrons. The minimum atomic E-state index is 0.960. The molecular weight excluding hydrogens is 681 g/mol. The average Bonchev–Trinajstić information content (AvgIpc) is 3.79. The van der Waals surface area contributed by atoms with Crippen molar-refractivity contribution in [2.24, 2.45) is 0 Å². The molecule has 4 heterocycles. The zero-order valence-electron chi connectivity index (χ0n) is 30.4. The van der Waals surface area contributed by atoms with Crippen molar-refractivity contribution >= 4 is 43.7 Å². The number of fused-ring (bicyclic) bond motifs is 6. The topological polar surface area (TPSA) is 35.6 Å². The summed E-state index contributed by atoms with van der Waals surface area (Å²) in [6.07, 6.45) is 1.89. The van der Waals surface area contributed by atoms with Crippen LogP contribution in [-0.4, -0.2) is 19.1 Å². The third-order valence-corrected chi connectivity index (χ3v) is 11.0. The van der Waals surface area contributed by atoms with Crippen LogP contribution in [0, 0.1) is 0 Å². The fraction of sp³-hybridized carbons (Fsp3) is 0. The Hall–Kier alpha value is -7.56. The van der Waals surface area contributed by atoms with Gasteiger partial charge >= 0.3 is 0 Å². The molecule has 56 heavy (non-hydrogen) atoms. The average molecular weight is 715 g/mol. The predicted molar refractivity (Wildman–Crippen MR) is 232 cm³/mol. The Morgan fingerprint density at radius 1 is 0.304 bits per heavy atom. The van der Waals surface area contributed by atoms with Gasteiger partial charge in [0.05, 0.1) is 39.0 Å². The van der Waals surface area contributed by atoms with Gasteiger partial charge in [-0.1, -0.05) is 121 Å². The minimum Gasteiger partial charge on any atom is -0.309 e. The molecule has 4 nitrogen and oxygen atoms in total. The van der Waals surface area contributed by atoms with E-state index in [-0.39, 0.29) is 0 Å². The normalized spacial score (nSPS) is 11.6. The van der Waals surface area contributed by atoms with Gasteiger partial charge in [-0.25, -0.2) is 4.98 Å². The first-order valence-corrected chi connectivity index (χ1v) is 19.0. The molecule has 0 aliphatic carbocycles. The lowest BCUT2D eigenvalue weighted by atomic mass is 9.99. The van der Waals surface area contributed by atoms with Gasteiger partial charge in [0.2, 0.25) is 0 Å². The highest BCUT2D eigenvalue weighted by molar-refractivity contribution is 6.12. The molecule has 0 aliphatic heterocycles. The van der Waals surface area contributed by atoms with Gasteiger partial charge in [-0.3, -0.25) is 4.98 Å². The Morgan fingerprint density at radius 2 is 0.804 bits per heavy atom. The van der Waals surface area contributed by atoms with Crippen LogP contribution in [0.3, 0.4) is 0 Å². The van der Waals surface area contributed by atoms with Crippen LogP contribution < -0.4 is 0 Å². The fourth-order valence-corrected chi connectivity index (χ4v) is 8.31. The number of nitrogens with zero attached hydrogens (tertiary/aromatic N) is 4. The highest BCUT2D eigenvalue weighted by Gasteiger charge is 2.17. The van der Waals surface area contributed by atoms with Crippen molar-refractivity contribution in [3.05, 3.63) is 206 Å². The standard InChI is InChI=1S/C52H34N4/c1-4-13-36(14-5-1)46-33-40(34-47(54-46)37-15-6-2-7-16-37)35-22-26-42(27-23-35)55-48-20-11-10-19-43(48)44-31-38(24-28-49(44)55)39-25-29-50-45(32-39)52-51(21-12-30-53-52)56(50)41-17-8-3-9-18-41/h1-34H. The molecular formula is C52H34N4. The summed E-state index contributed by atoms with van der Waals surface area (Å²) in [6, 6.07) is 71.3. The summed E-state index contributed by atoms with van der Waals surface area (Å²) in [4.78, 5) is 9.94. The van der Waals surface area contributed by atoms with Gasteiger partial charge in [-0.15, -0.1) is 0 Å². The highest BCUT2D eigenvalue weighted by atomic mass is 15.0. The predicted octanol–water partition coefficient (Wildman–Crippen LogP) is 13.3. The van der Waals surface area contributed by atoms with Crippen LogP contribution in [0.15, 0.2) is 206 Å². The molecule has 0 bridgehead atoms. The molecule has 0 aliphatic rings. The molecule has 4 heteroatoms. The Labute approximate surface area is 324 Å². The number of pyridine rings is 2. The van der Waals surface area contributed by atoms with E-state index in [2.05, 4.69) is 191 Å². The van der Waals surface area contributed by atoms with E-state index in [9.17, 15) is 0 Å². The summed E-state index contributed by atoms with van der Waals surface area (Å²) in [5.41, 5.74) is 16.6. The van der Waals surface area contributed by atoms with Crippen molar-refractivity contribution in [3.8, 4) is 56.1 Å². The van der Waals surface area contributed by atoms with Gasteiger partial charge in [0.25, 0.3) is 0 Å². The summed E-state index contributed by atoms with van der Waals surface area (Å²) in [6.45, 7) is 0. The second kappa shape index (κ2) is 13.1. The van der Waals surface area contributed by atoms with Crippen LogP contribution >= 0.6 is 0 Å². The number of benzene rings is 7. The molecule has 11 aromatic rings. The number of rotatable bonds is 6. The zero-order chi connectivity index (χ0) is 37.0. The van der Waals surface area contributed by atoms with Crippen molar-refractivity contribution in [1.82, 2.24) is 19.1 Å². The molecule has 0 saturated carbocycles. The van der Waals surface area contributed by atoms with Gasteiger partial charge in [0.15, 0.2) is 0 Å². The largest absolute Gasteiger partial charge is 0.309 e. The molecule has 7 aromatic carbocycles. The third-order valence-electron chi connectivity index (χ3n) is 11.0. The summed E-state index contributed by atoms with van der Waals surface area (Å²) in [7, 11) is 0. The van der Waals surface area contributed by atoms with Crippen LogP contribution in [-0.2, 0) is 0 Å². The molecule has 0 fully saturated rings. The SMILES string of the molecule is c1ccc(-c2cc(-c3ccc(-n4c5ccccc5c5cc(-c6ccc7c(c6)c6ncccc6n7-c6ccccc6)ccc54)cc3)cc(-c3ccccc3)n2)cc1. The molecule has 0 atom stereocenters. The van der Waals surface area contributed by atoms with E-state index >= 15 is 0 Å². The molecule has 0 N–H and O–H groups in total. The van der Waals surface area contributed by atoms with E-state index in [0.717, 1.165) is 67.0 Å². The third kappa shape index (κ3) is 5.31. The van der Waals surface area contributed by atoms with Crippen LogP contribution in [0.1, 0.15) is 0 Å². The minimum absolute atomic E-state index is 0.960. The monoisotopic (exact) mass is 714 g/mol. The molecule has 0 saturated heterocycles. The van der Waals surface area contributed by atoms with Gasteiger partial charge in [0, 0.05) is 44.9 Å². The Morgan fingerprint density at radius 3 is 1.48 bits per heavy atom. The lowest BCUT2D eigenvalue weighted by Crippen LogP contribution is -1.94. The Kier molecular flexibility index (Phi) is 7.46. The second-order valence-corrected chi connectivity index (χ2v) is 14.3. The van der Waals surface area contributed by atoms with Gasteiger partial charge in [-0.2, -0.15) is 0 Å². The van der Waals surface area contributed by atoms with E-state index in [1.807, 2.05) is 24.4 Å². The first kappa shape index (κ1) is 31.9. The summed E-state index contributed by atoms with van der Waals surface area (Å²) in [5, 5.41) is 3.60. The molecule has 0 spiro atoms. The van der Waals surface area contributed by atoms with Crippen LogP contribution in [0.2, 0.25) is 0 Å². The highest BCUT2D eigenvalue weighted by Crippen LogP contribution is 2.38. The maximum Gasteiger partial charge on any atom is 0.0963 e. The number of para-hydroxylation sites is 2. The number of aromatic nitrogens is 4. The van der Waals surface area contributed by atoms with Gasteiger partial charge < -0.3 is 9.13 Å². The number of hydrogen-bond donors (Lipinski definition) is 0. The van der Waals surface area contributed by atoms with Crippen molar-refractivity contribution in [2.75, 3.05) is 0 Å². The van der Waals surface area contributed by atoms with Gasteiger partial charge in [0.1, 0.15) is 0 Å². The molecule has 0 radical (unpaired) electrons. The van der Waals surface area contributed by atoms with E-state index in [0.29, 0.717) is 0 Å². The smallest absolute Gasteiger partial charge is 0.0963 e. The van der Waals surface area contributed by atoms with Crippen molar-refractivity contribution in [3.63, 3.8) is 0 Å². The fourth-order valence-electron chi connectivity index (χ4n) is 8.31. The van der Waals surface area contributed by atoms with Crippen LogP contribution in [0.25, 0.3) is 99.9 Å². The second-order valence-electron chi connectivity index (χ2n) is 14.3. The number of hydrogen-bond acceptors (Lipinski definition) is 2. The summed E-state index contributed by atoms with van der Waals surface area (Å²) in [5.74, 6) is 0. The maximum atomic E-state index is 5.09.